The molecule has 0 aliphatic carbocycles. The summed E-state index contributed by atoms with van der Waals surface area (Å²) in [6.07, 6.45) is 0.323. The first kappa shape index (κ1) is 17.4. The van der Waals surface area contributed by atoms with Gasteiger partial charge in [0.2, 0.25) is 5.91 Å². The smallest absolute Gasteiger partial charge is 0.226 e. The topological polar surface area (TPSA) is 42.0 Å². The lowest BCUT2D eigenvalue weighted by Crippen LogP contribution is -2.28. The van der Waals surface area contributed by atoms with Gasteiger partial charge in [0, 0.05) is 17.5 Å². The van der Waals surface area contributed by atoms with Crippen LogP contribution in [0.2, 0.25) is 0 Å². The van der Waals surface area contributed by atoms with E-state index in [9.17, 15) is 4.79 Å². The molecule has 0 saturated carbocycles. The third kappa shape index (κ3) is 4.77. The second kappa shape index (κ2) is 8.08. The van der Waals surface area contributed by atoms with Crippen molar-refractivity contribution < 1.29 is 4.79 Å². The Morgan fingerprint density at radius 2 is 1.84 bits per heavy atom. The molecule has 3 nitrogen and oxygen atoms in total. The monoisotopic (exact) mass is 350 g/mol. The van der Waals surface area contributed by atoms with E-state index in [4.69, 9.17) is 0 Å². The van der Waals surface area contributed by atoms with Gasteiger partial charge in [-0.05, 0) is 18.4 Å². The molecular formula is C21H22N2OS. The maximum absolute atomic E-state index is 12.2. The van der Waals surface area contributed by atoms with E-state index in [0.29, 0.717) is 18.9 Å². The number of benzene rings is 2. The van der Waals surface area contributed by atoms with Gasteiger partial charge in [-0.3, -0.25) is 4.79 Å². The number of aryl methyl sites for hydroxylation is 1. The molecule has 0 spiro atoms. The average Bonchev–Trinajstić information content (AvgIpc) is 3.09. The normalized spacial score (nSPS) is 11.9. The van der Waals surface area contributed by atoms with Crippen LogP contribution >= 0.6 is 11.3 Å². The number of hydrogen-bond donors (Lipinski definition) is 1. The van der Waals surface area contributed by atoms with Gasteiger partial charge in [0.05, 0.1) is 12.1 Å². The van der Waals surface area contributed by atoms with Crippen LogP contribution in [0.3, 0.4) is 0 Å². The van der Waals surface area contributed by atoms with E-state index in [1.165, 1.54) is 11.1 Å². The van der Waals surface area contributed by atoms with Gasteiger partial charge >= 0.3 is 0 Å². The number of thiazole rings is 1. The third-order valence-corrected chi connectivity index (χ3v) is 5.11. The van der Waals surface area contributed by atoms with Gasteiger partial charge in [-0.15, -0.1) is 11.3 Å². The van der Waals surface area contributed by atoms with Gasteiger partial charge in [-0.25, -0.2) is 4.98 Å². The summed E-state index contributed by atoms with van der Waals surface area (Å²) in [4.78, 5) is 16.8. The zero-order valence-corrected chi connectivity index (χ0v) is 15.3. The lowest BCUT2D eigenvalue weighted by atomic mass is 10.0. The Morgan fingerprint density at radius 3 is 2.56 bits per heavy atom. The van der Waals surface area contributed by atoms with Crippen LogP contribution in [-0.4, -0.2) is 17.4 Å². The van der Waals surface area contributed by atoms with Crippen LogP contribution < -0.4 is 5.32 Å². The van der Waals surface area contributed by atoms with Crippen molar-refractivity contribution in [2.45, 2.75) is 26.2 Å². The first-order valence-electron chi connectivity index (χ1n) is 8.45. The molecule has 0 unspecified atom stereocenters. The molecule has 0 radical (unpaired) electrons. The number of carbonyl (C=O) groups is 1. The van der Waals surface area contributed by atoms with Crippen molar-refractivity contribution in [1.82, 2.24) is 10.3 Å². The predicted molar refractivity (Wildman–Crippen MR) is 104 cm³/mol. The van der Waals surface area contributed by atoms with Crippen molar-refractivity contribution in [3.8, 4) is 10.6 Å². The molecule has 3 aromatic rings. The maximum Gasteiger partial charge on any atom is 0.226 e. The molecule has 1 atom stereocenters. The van der Waals surface area contributed by atoms with Gasteiger partial charge < -0.3 is 5.32 Å². The first-order valence-corrected chi connectivity index (χ1v) is 9.33. The Labute approximate surface area is 152 Å². The Morgan fingerprint density at radius 1 is 1.12 bits per heavy atom. The minimum absolute atomic E-state index is 0.0172. The molecule has 1 aromatic heterocycles. The van der Waals surface area contributed by atoms with E-state index in [0.717, 1.165) is 16.3 Å². The summed E-state index contributed by atoms with van der Waals surface area (Å²) < 4.78 is 0. The molecule has 3 rings (SSSR count). The van der Waals surface area contributed by atoms with Crippen LogP contribution in [0.5, 0.6) is 0 Å². The van der Waals surface area contributed by atoms with Crippen molar-refractivity contribution in [3.05, 3.63) is 76.8 Å². The van der Waals surface area contributed by atoms with Crippen molar-refractivity contribution in [2.75, 3.05) is 6.54 Å². The lowest BCUT2D eigenvalue weighted by Gasteiger charge is -2.12. The summed E-state index contributed by atoms with van der Waals surface area (Å²) in [5, 5.41) is 5.94. The van der Waals surface area contributed by atoms with Gasteiger partial charge in [-0.1, -0.05) is 67.1 Å². The number of carbonyl (C=O) groups excluding carboxylic acids is 1. The van der Waals surface area contributed by atoms with Crippen LogP contribution in [0.15, 0.2) is 60.0 Å². The molecule has 0 aliphatic heterocycles. The third-order valence-electron chi connectivity index (χ3n) is 4.17. The largest absolute Gasteiger partial charge is 0.355 e. The summed E-state index contributed by atoms with van der Waals surface area (Å²) >= 11 is 1.58. The molecule has 0 fully saturated rings. The molecule has 1 N–H and O–H groups in total. The Kier molecular flexibility index (Phi) is 5.61. The zero-order chi connectivity index (χ0) is 17.6. The van der Waals surface area contributed by atoms with Crippen LogP contribution in [-0.2, 0) is 11.2 Å². The highest BCUT2D eigenvalue weighted by atomic mass is 32.1. The number of aromatic nitrogens is 1. The molecule has 0 bridgehead atoms. The van der Waals surface area contributed by atoms with E-state index in [1.54, 1.807) is 11.3 Å². The number of nitrogens with one attached hydrogen (secondary N) is 1. The van der Waals surface area contributed by atoms with Gasteiger partial charge in [0.1, 0.15) is 5.01 Å². The molecule has 0 saturated heterocycles. The summed E-state index contributed by atoms with van der Waals surface area (Å²) in [6, 6.07) is 18.5. The zero-order valence-electron chi connectivity index (χ0n) is 14.5. The Balaban J connectivity index is 1.54. The molecule has 0 aliphatic rings. The molecule has 4 heteroatoms. The van der Waals surface area contributed by atoms with Crippen LogP contribution in [0.1, 0.15) is 29.7 Å². The minimum Gasteiger partial charge on any atom is -0.355 e. The molecule has 25 heavy (non-hydrogen) atoms. The van der Waals surface area contributed by atoms with Gasteiger partial charge in [0.15, 0.2) is 0 Å². The van der Waals surface area contributed by atoms with E-state index < -0.39 is 0 Å². The summed E-state index contributed by atoms with van der Waals surface area (Å²) in [6.45, 7) is 4.82. The highest BCUT2D eigenvalue weighted by Crippen LogP contribution is 2.24. The molecule has 1 heterocycles. The van der Waals surface area contributed by atoms with E-state index in [1.807, 2.05) is 23.6 Å². The number of amides is 1. The van der Waals surface area contributed by atoms with Gasteiger partial charge in [0.25, 0.3) is 0 Å². The van der Waals surface area contributed by atoms with Crippen LogP contribution in [0.4, 0.5) is 0 Å². The molecular weight excluding hydrogens is 328 g/mol. The van der Waals surface area contributed by atoms with E-state index >= 15 is 0 Å². The summed E-state index contributed by atoms with van der Waals surface area (Å²) in [5.41, 5.74) is 4.39. The number of rotatable bonds is 6. The fourth-order valence-corrected chi connectivity index (χ4v) is 3.44. The minimum atomic E-state index is 0.0172. The first-order chi connectivity index (χ1) is 12.1. The van der Waals surface area contributed by atoms with Crippen molar-refractivity contribution >= 4 is 17.2 Å². The standard InChI is InChI=1S/C21H22N2OS/c1-15-8-10-18(11-9-15)21-23-19(14-25-21)12-20(24)22-13-16(2)17-6-4-3-5-7-17/h3-11,14,16H,12-13H2,1-2H3,(H,22,24)/t16-/m1/s1. The fourth-order valence-electron chi connectivity index (χ4n) is 2.61. The molecule has 2 aromatic carbocycles. The molecule has 1 amide bonds. The predicted octanol–water partition coefficient (Wildman–Crippen LogP) is 4.58. The highest BCUT2D eigenvalue weighted by molar-refractivity contribution is 7.13. The second-order valence-corrected chi connectivity index (χ2v) is 7.16. The Bertz CT molecular complexity index is 825. The van der Waals surface area contributed by atoms with E-state index in [-0.39, 0.29) is 5.91 Å². The SMILES string of the molecule is Cc1ccc(-c2nc(CC(=O)NC[C@@H](C)c3ccccc3)cs2)cc1. The number of hydrogen-bond acceptors (Lipinski definition) is 3. The van der Waals surface area contributed by atoms with Crippen molar-refractivity contribution in [2.24, 2.45) is 0 Å². The van der Waals surface area contributed by atoms with E-state index in [2.05, 4.69) is 60.5 Å². The second-order valence-electron chi connectivity index (χ2n) is 6.30. The van der Waals surface area contributed by atoms with Crippen LogP contribution in [0, 0.1) is 6.92 Å². The van der Waals surface area contributed by atoms with Crippen molar-refractivity contribution in [1.29, 1.82) is 0 Å². The summed E-state index contributed by atoms with van der Waals surface area (Å²) in [5.74, 6) is 0.312. The molecule has 128 valence electrons. The quantitative estimate of drug-likeness (QED) is 0.707. The number of nitrogens with zero attached hydrogens (tertiary/aromatic N) is 1. The average molecular weight is 350 g/mol. The maximum atomic E-state index is 12.2. The highest BCUT2D eigenvalue weighted by Gasteiger charge is 2.11. The summed E-state index contributed by atoms with van der Waals surface area (Å²) in [7, 11) is 0. The van der Waals surface area contributed by atoms with Crippen LogP contribution in [0.25, 0.3) is 10.6 Å². The van der Waals surface area contributed by atoms with Crippen molar-refractivity contribution in [3.63, 3.8) is 0 Å². The Hall–Kier alpha value is -2.46. The van der Waals surface area contributed by atoms with Gasteiger partial charge in [-0.2, -0.15) is 0 Å². The fraction of sp³-hybridized carbons (Fsp3) is 0.238. The lowest BCUT2D eigenvalue weighted by molar-refractivity contribution is -0.120.